The SMILES string of the molecule is CCn1nccc1CN1CCC(C)(CN)C1.Cl. The summed E-state index contributed by atoms with van der Waals surface area (Å²) in [5.74, 6) is 0. The Bertz CT molecular complexity index is 352. The van der Waals surface area contributed by atoms with Gasteiger partial charge in [-0.15, -0.1) is 12.4 Å². The highest BCUT2D eigenvalue weighted by Crippen LogP contribution is 2.29. The van der Waals surface area contributed by atoms with Crippen molar-refractivity contribution in [3.63, 3.8) is 0 Å². The molecule has 2 rings (SSSR count). The first-order valence-electron chi connectivity index (χ1n) is 6.10. The van der Waals surface area contributed by atoms with Crippen LogP contribution < -0.4 is 5.73 Å². The van der Waals surface area contributed by atoms with Gasteiger partial charge in [0.05, 0.1) is 5.69 Å². The van der Waals surface area contributed by atoms with Crippen LogP contribution in [0.2, 0.25) is 0 Å². The third kappa shape index (κ3) is 3.21. The van der Waals surface area contributed by atoms with E-state index >= 15 is 0 Å². The second-order valence-electron chi connectivity index (χ2n) is 5.11. The molecule has 1 saturated heterocycles. The fraction of sp³-hybridized carbons (Fsp3) is 0.750. The van der Waals surface area contributed by atoms with Crippen LogP contribution in [0, 0.1) is 5.41 Å². The van der Waals surface area contributed by atoms with Gasteiger partial charge in [0.2, 0.25) is 0 Å². The molecule has 1 aliphatic rings. The highest BCUT2D eigenvalue weighted by molar-refractivity contribution is 5.85. The zero-order valence-electron chi connectivity index (χ0n) is 10.7. The van der Waals surface area contributed by atoms with Gasteiger partial charge in [0.25, 0.3) is 0 Å². The molecule has 1 aliphatic heterocycles. The van der Waals surface area contributed by atoms with Gasteiger partial charge >= 0.3 is 0 Å². The topological polar surface area (TPSA) is 47.1 Å². The molecule has 2 N–H and O–H groups in total. The average Bonchev–Trinajstić information content (AvgIpc) is 2.87. The van der Waals surface area contributed by atoms with E-state index in [9.17, 15) is 0 Å². The number of hydrogen-bond donors (Lipinski definition) is 1. The average molecular weight is 259 g/mol. The maximum Gasteiger partial charge on any atom is 0.0524 e. The molecule has 1 aromatic heterocycles. The van der Waals surface area contributed by atoms with Crippen molar-refractivity contribution in [3.05, 3.63) is 18.0 Å². The lowest BCUT2D eigenvalue weighted by molar-refractivity contribution is 0.268. The lowest BCUT2D eigenvalue weighted by Gasteiger charge is -2.22. The minimum atomic E-state index is 0. The van der Waals surface area contributed by atoms with Gasteiger partial charge in [-0.3, -0.25) is 9.58 Å². The minimum Gasteiger partial charge on any atom is -0.330 e. The lowest BCUT2D eigenvalue weighted by atomic mass is 9.90. The molecule has 0 radical (unpaired) electrons. The molecule has 4 nitrogen and oxygen atoms in total. The molecular weight excluding hydrogens is 236 g/mol. The van der Waals surface area contributed by atoms with Crippen molar-refractivity contribution in [3.8, 4) is 0 Å². The summed E-state index contributed by atoms with van der Waals surface area (Å²) in [6.07, 6.45) is 3.10. The minimum absolute atomic E-state index is 0. The normalized spacial score (nSPS) is 24.9. The molecule has 1 atom stereocenters. The van der Waals surface area contributed by atoms with Crippen molar-refractivity contribution < 1.29 is 0 Å². The zero-order chi connectivity index (χ0) is 11.6. The first-order chi connectivity index (χ1) is 7.67. The smallest absolute Gasteiger partial charge is 0.0524 e. The quantitative estimate of drug-likeness (QED) is 0.890. The van der Waals surface area contributed by atoms with E-state index in [1.807, 2.05) is 6.20 Å². The Labute approximate surface area is 110 Å². The third-order valence-corrected chi connectivity index (χ3v) is 3.62. The summed E-state index contributed by atoms with van der Waals surface area (Å²) in [6, 6.07) is 2.11. The van der Waals surface area contributed by atoms with Crippen LogP contribution in [-0.2, 0) is 13.1 Å². The monoisotopic (exact) mass is 258 g/mol. The van der Waals surface area contributed by atoms with Gasteiger partial charge in [-0.25, -0.2) is 0 Å². The Morgan fingerprint density at radius 2 is 2.29 bits per heavy atom. The molecule has 0 spiro atoms. The van der Waals surface area contributed by atoms with E-state index in [1.165, 1.54) is 12.1 Å². The van der Waals surface area contributed by atoms with E-state index in [-0.39, 0.29) is 12.4 Å². The van der Waals surface area contributed by atoms with Crippen molar-refractivity contribution >= 4 is 12.4 Å². The molecule has 17 heavy (non-hydrogen) atoms. The molecule has 0 saturated carbocycles. The summed E-state index contributed by atoms with van der Waals surface area (Å²) in [5.41, 5.74) is 7.44. The molecule has 1 fully saturated rings. The number of nitrogens with two attached hydrogens (primary N) is 1. The third-order valence-electron chi connectivity index (χ3n) is 3.62. The van der Waals surface area contributed by atoms with Gasteiger partial charge in [0.15, 0.2) is 0 Å². The van der Waals surface area contributed by atoms with Crippen molar-refractivity contribution in [2.45, 2.75) is 33.4 Å². The predicted octanol–water partition coefficient (Wildman–Crippen LogP) is 1.50. The number of rotatable bonds is 4. The summed E-state index contributed by atoms with van der Waals surface area (Å²) < 4.78 is 2.07. The van der Waals surface area contributed by atoms with Crippen molar-refractivity contribution in [1.82, 2.24) is 14.7 Å². The standard InChI is InChI=1S/C12H22N4.ClH/c1-3-16-11(4-6-14-16)8-15-7-5-12(2,9-13)10-15;/h4,6H,3,5,7-10,13H2,1-2H3;1H. The van der Waals surface area contributed by atoms with Crippen molar-refractivity contribution in [2.24, 2.45) is 11.1 Å². The Morgan fingerprint density at radius 3 is 2.88 bits per heavy atom. The van der Waals surface area contributed by atoms with E-state index in [1.54, 1.807) is 0 Å². The molecule has 0 bridgehead atoms. The van der Waals surface area contributed by atoms with Crippen LogP contribution in [0.3, 0.4) is 0 Å². The number of aryl methyl sites for hydroxylation is 1. The first-order valence-corrected chi connectivity index (χ1v) is 6.10. The maximum atomic E-state index is 5.82. The fourth-order valence-corrected chi connectivity index (χ4v) is 2.44. The number of hydrogen-bond acceptors (Lipinski definition) is 3. The number of likely N-dealkylation sites (tertiary alicyclic amines) is 1. The Kier molecular flexibility index (Phi) is 4.98. The van der Waals surface area contributed by atoms with E-state index < -0.39 is 0 Å². The first kappa shape index (κ1) is 14.5. The Hall–Kier alpha value is -0.580. The van der Waals surface area contributed by atoms with E-state index in [0.717, 1.165) is 32.7 Å². The van der Waals surface area contributed by atoms with Crippen LogP contribution in [-0.4, -0.2) is 34.3 Å². The van der Waals surface area contributed by atoms with Crippen molar-refractivity contribution in [2.75, 3.05) is 19.6 Å². The van der Waals surface area contributed by atoms with Crippen LogP contribution in [0.15, 0.2) is 12.3 Å². The molecule has 1 aromatic rings. The van der Waals surface area contributed by atoms with E-state index in [2.05, 4.69) is 34.6 Å². The summed E-state index contributed by atoms with van der Waals surface area (Å²) >= 11 is 0. The molecule has 98 valence electrons. The van der Waals surface area contributed by atoms with E-state index in [4.69, 9.17) is 5.73 Å². The van der Waals surface area contributed by atoms with Crippen LogP contribution in [0.25, 0.3) is 0 Å². The summed E-state index contributed by atoms with van der Waals surface area (Å²) in [5, 5.41) is 4.30. The van der Waals surface area contributed by atoms with Crippen LogP contribution in [0.1, 0.15) is 26.0 Å². The maximum absolute atomic E-state index is 5.82. The predicted molar refractivity (Wildman–Crippen MR) is 72.2 cm³/mol. The molecule has 0 amide bonds. The lowest BCUT2D eigenvalue weighted by Crippen LogP contribution is -2.31. The van der Waals surface area contributed by atoms with Crippen molar-refractivity contribution in [1.29, 1.82) is 0 Å². The second-order valence-corrected chi connectivity index (χ2v) is 5.11. The number of nitrogens with zero attached hydrogens (tertiary/aromatic N) is 3. The Balaban J connectivity index is 0.00000144. The van der Waals surface area contributed by atoms with E-state index in [0.29, 0.717) is 5.41 Å². The number of halogens is 1. The van der Waals surface area contributed by atoms with Crippen LogP contribution >= 0.6 is 12.4 Å². The van der Waals surface area contributed by atoms with Crippen LogP contribution in [0.5, 0.6) is 0 Å². The largest absolute Gasteiger partial charge is 0.330 e. The van der Waals surface area contributed by atoms with Gasteiger partial charge in [-0.2, -0.15) is 5.10 Å². The highest BCUT2D eigenvalue weighted by Gasteiger charge is 2.32. The molecule has 1 unspecified atom stereocenters. The van der Waals surface area contributed by atoms with Gasteiger partial charge in [0, 0.05) is 25.8 Å². The molecule has 0 aliphatic carbocycles. The van der Waals surface area contributed by atoms with Gasteiger partial charge in [-0.1, -0.05) is 6.92 Å². The molecule has 2 heterocycles. The Morgan fingerprint density at radius 1 is 1.53 bits per heavy atom. The molecular formula is C12H23ClN4. The van der Waals surface area contributed by atoms with Crippen LogP contribution in [0.4, 0.5) is 0 Å². The summed E-state index contributed by atoms with van der Waals surface area (Å²) in [6.45, 7) is 9.42. The molecule has 0 aromatic carbocycles. The number of aromatic nitrogens is 2. The summed E-state index contributed by atoms with van der Waals surface area (Å²) in [4.78, 5) is 2.48. The van der Waals surface area contributed by atoms with Gasteiger partial charge in [-0.05, 0) is 37.9 Å². The fourth-order valence-electron chi connectivity index (χ4n) is 2.44. The summed E-state index contributed by atoms with van der Waals surface area (Å²) in [7, 11) is 0. The second kappa shape index (κ2) is 5.85. The van der Waals surface area contributed by atoms with Gasteiger partial charge in [0.1, 0.15) is 0 Å². The molecule has 5 heteroatoms. The zero-order valence-corrected chi connectivity index (χ0v) is 11.5. The highest BCUT2D eigenvalue weighted by atomic mass is 35.5. The van der Waals surface area contributed by atoms with Gasteiger partial charge < -0.3 is 5.73 Å².